The smallest absolute Gasteiger partial charge is 0.239 e. The van der Waals surface area contributed by atoms with Gasteiger partial charge in [-0.25, -0.2) is 0 Å². The highest BCUT2D eigenvalue weighted by atomic mass is 16.2. The molecule has 2 aliphatic rings. The van der Waals surface area contributed by atoms with Gasteiger partial charge in [-0.1, -0.05) is 37.1 Å². The van der Waals surface area contributed by atoms with Crippen molar-refractivity contribution >= 4 is 5.91 Å². The van der Waals surface area contributed by atoms with E-state index in [2.05, 4.69) is 34.5 Å². The Morgan fingerprint density at radius 1 is 1.05 bits per heavy atom. The second-order valence-electron chi connectivity index (χ2n) is 5.95. The first-order valence-corrected chi connectivity index (χ1v) is 7.93. The van der Waals surface area contributed by atoms with Gasteiger partial charge in [0, 0.05) is 13.1 Å². The molecule has 2 aliphatic heterocycles. The normalized spacial score (nSPS) is 23.6. The molecule has 1 fully saturated rings. The van der Waals surface area contributed by atoms with E-state index in [9.17, 15) is 4.79 Å². The average molecular weight is 272 g/mol. The van der Waals surface area contributed by atoms with Crippen LogP contribution in [0.2, 0.25) is 0 Å². The van der Waals surface area contributed by atoms with Gasteiger partial charge >= 0.3 is 0 Å². The van der Waals surface area contributed by atoms with E-state index < -0.39 is 0 Å². The van der Waals surface area contributed by atoms with E-state index in [1.54, 1.807) is 0 Å². The summed E-state index contributed by atoms with van der Waals surface area (Å²) in [4.78, 5) is 14.7. The summed E-state index contributed by atoms with van der Waals surface area (Å²) in [5.41, 5.74) is 2.83. The van der Waals surface area contributed by atoms with E-state index in [0.717, 1.165) is 38.9 Å². The molecule has 0 radical (unpaired) electrons. The lowest BCUT2D eigenvalue weighted by atomic mass is 10.0. The summed E-state index contributed by atoms with van der Waals surface area (Å²) >= 11 is 0. The van der Waals surface area contributed by atoms with Crippen molar-refractivity contribution in [3.63, 3.8) is 0 Å². The molecule has 1 aromatic rings. The van der Waals surface area contributed by atoms with Gasteiger partial charge in [-0.2, -0.15) is 0 Å². The molecule has 0 saturated carbocycles. The standard InChI is InChI=1S/C17H24N2O/c20-17(16-8-2-1-5-11-18-16)19-12-9-14-6-3-4-7-15(14)10-13-19/h3-4,6-7,16,18H,1-2,5,8-13H2. The Morgan fingerprint density at radius 2 is 1.75 bits per heavy atom. The maximum absolute atomic E-state index is 12.7. The van der Waals surface area contributed by atoms with Crippen LogP contribution in [-0.4, -0.2) is 36.5 Å². The summed E-state index contributed by atoms with van der Waals surface area (Å²) in [7, 11) is 0. The van der Waals surface area contributed by atoms with E-state index in [4.69, 9.17) is 0 Å². The number of nitrogens with one attached hydrogen (secondary N) is 1. The van der Waals surface area contributed by atoms with Crippen molar-refractivity contribution in [2.24, 2.45) is 0 Å². The third kappa shape index (κ3) is 3.04. The number of nitrogens with zero attached hydrogens (tertiary/aromatic N) is 1. The summed E-state index contributed by atoms with van der Waals surface area (Å²) in [5, 5.41) is 3.43. The zero-order chi connectivity index (χ0) is 13.8. The highest BCUT2D eigenvalue weighted by Gasteiger charge is 2.26. The molecule has 108 valence electrons. The van der Waals surface area contributed by atoms with Crippen LogP contribution in [0.15, 0.2) is 24.3 Å². The van der Waals surface area contributed by atoms with Gasteiger partial charge < -0.3 is 10.2 Å². The largest absolute Gasteiger partial charge is 0.341 e. The molecule has 0 bridgehead atoms. The van der Waals surface area contributed by atoms with Gasteiger partial charge in [0.25, 0.3) is 0 Å². The van der Waals surface area contributed by atoms with Gasteiger partial charge in [0.1, 0.15) is 0 Å². The van der Waals surface area contributed by atoms with Crippen LogP contribution in [-0.2, 0) is 17.6 Å². The molecular weight excluding hydrogens is 248 g/mol. The molecule has 3 nitrogen and oxygen atoms in total. The Kier molecular flexibility index (Phi) is 4.36. The summed E-state index contributed by atoms with van der Waals surface area (Å²) in [6.07, 6.45) is 6.63. The minimum absolute atomic E-state index is 0.0544. The van der Waals surface area contributed by atoms with Gasteiger partial charge in [0.15, 0.2) is 0 Å². The Balaban J connectivity index is 1.65. The number of hydrogen-bond acceptors (Lipinski definition) is 2. The molecule has 1 aromatic carbocycles. The molecule has 3 heteroatoms. The van der Waals surface area contributed by atoms with Crippen LogP contribution < -0.4 is 5.32 Å². The summed E-state index contributed by atoms with van der Waals surface area (Å²) in [6, 6.07) is 8.66. The van der Waals surface area contributed by atoms with E-state index in [1.165, 1.54) is 30.4 Å². The first-order valence-electron chi connectivity index (χ1n) is 7.93. The lowest BCUT2D eigenvalue weighted by Gasteiger charge is -2.25. The fourth-order valence-electron chi connectivity index (χ4n) is 3.35. The Labute approximate surface area is 121 Å². The van der Waals surface area contributed by atoms with Crippen LogP contribution in [0.25, 0.3) is 0 Å². The highest BCUT2D eigenvalue weighted by molar-refractivity contribution is 5.82. The topological polar surface area (TPSA) is 32.3 Å². The molecule has 0 aliphatic carbocycles. The zero-order valence-corrected chi connectivity index (χ0v) is 12.1. The molecule has 1 saturated heterocycles. The van der Waals surface area contributed by atoms with Crippen molar-refractivity contribution in [1.29, 1.82) is 0 Å². The van der Waals surface area contributed by atoms with E-state index in [1.807, 2.05) is 0 Å². The second-order valence-corrected chi connectivity index (χ2v) is 5.95. The number of fused-ring (bicyclic) bond motifs is 1. The number of hydrogen-bond donors (Lipinski definition) is 1. The Morgan fingerprint density at radius 3 is 2.45 bits per heavy atom. The van der Waals surface area contributed by atoms with Crippen molar-refractivity contribution < 1.29 is 4.79 Å². The van der Waals surface area contributed by atoms with Crippen LogP contribution in [0.5, 0.6) is 0 Å². The fraction of sp³-hybridized carbons (Fsp3) is 0.588. The third-order valence-electron chi connectivity index (χ3n) is 4.59. The lowest BCUT2D eigenvalue weighted by Crippen LogP contribution is -2.47. The van der Waals surface area contributed by atoms with Crippen molar-refractivity contribution in [2.75, 3.05) is 19.6 Å². The molecule has 2 heterocycles. The quantitative estimate of drug-likeness (QED) is 0.849. The summed E-state index contributed by atoms with van der Waals surface area (Å²) in [5.74, 6) is 0.319. The molecular formula is C17H24N2O. The lowest BCUT2D eigenvalue weighted by molar-refractivity contribution is -0.133. The van der Waals surface area contributed by atoms with Gasteiger partial charge in [-0.15, -0.1) is 0 Å². The Bertz CT molecular complexity index is 437. The van der Waals surface area contributed by atoms with Crippen molar-refractivity contribution in [2.45, 2.75) is 44.6 Å². The molecule has 0 aromatic heterocycles. The van der Waals surface area contributed by atoms with Gasteiger partial charge in [-0.3, -0.25) is 4.79 Å². The number of carbonyl (C=O) groups is 1. The summed E-state index contributed by atoms with van der Waals surface area (Å²) < 4.78 is 0. The molecule has 3 rings (SSSR count). The second kappa shape index (κ2) is 6.40. The predicted octanol–water partition coefficient (Wildman–Crippen LogP) is 2.15. The summed E-state index contributed by atoms with van der Waals surface area (Å²) in [6.45, 7) is 2.73. The molecule has 0 spiro atoms. The minimum atomic E-state index is 0.0544. The van der Waals surface area contributed by atoms with E-state index >= 15 is 0 Å². The van der Waals surface area contributed by atoms with Crippen LogP contribution >= 0.6 is 0 Å². The highest BCUT2D eigenvalue weighted by Crippen LogP contribution is 2.17. The molecule has 1 unspecified atom stereocenters. The van der Waals surface area contributed by atoms with Crippen LogP contribution in [0.1, 0.15) is 36.8 Å². The maximum atomic E-state index is 12.7. The number of amides is 1. The van der Waals surface area contributed by atoms with Gasteiger partial charge in [-0.05, 0) is 43.4 Å². The molecule has 1 atom stereocenters. The fourth-order valence-corrected chi connectivity index (χ4v) is 3.35. The maximum Gasteiger partial charge on any atom is 0.239 e. The van der Waals surface area contributed by atoms with Crippen LogP contribution in [0, 0.1) is 0 Å². The number of carbonyl (C=O) groups excluding carboxylic acids is 1. The van der Waals surface area contributed by atoms with Gasteiger partial charge in [0.2, 0.25) is 5.91 Å². The van der Waals surface area contributed by atoms with Crippen molar-refractivity contribution in [1.82, 2.24) is 10.2 Å². The third-order valence-corrected chi connectivity index (χ3v) is 4.59. The van der Waals surface area contributed by atoms with Crippen LogP contribution in [0.4, 0.5) is 0 Å². The monoisotopic (exact) mass is 272 g/mol. The van der Waals surface area contributed by atoms with E-state index in [-0.39, 0.29) is 6.04 Å². The molecule has 1 amide bonds. The van der Waals surface area contributed by atoms with Crippen molar-refractivity contribution in [3.8, 4) is 0 Å². The zero-order valence-electron chi connectivity index (χ0n) is 12.1. The molecule has 20 heavy (non-hydrogen) atoms. The minimum Gasteiger partial charge on any atom is -0.341 e. The predicted molar refractivity (Wildman–Crippen MR) is 80.7 cm³/mol. The SMILES string of the molecule is O=C(C1CCCCCN1)N1CCc2ccccc2CC1. The Hall–Kier alpha value is -1.35. The van der Waals surface area contributed by atoms with Crippen molar-refractivity contribution in [3.05, 3.63) is 35.4 Å². The number of rotatable bonds is 1. The first kappa shape index (κ1) is 13.6. The van der Waals surface area contributed by atoms with Gasteiger partial charge in [0.05, 0.1) is 6.04 Å². The van der Waals surface area contributed by atoms with Crippen LogP contribution in [0.3, 0.4) is 0 Å². The average Bonchev–Trinajstić information content (AvgIpc) is 2.87. The van der Waals surface area contributed by atoms with E-state index in [0.29, 0.717) is 5.91 Å². The number of benzene rings is 1. The first-order chi connectivity index (χ1) is 9.84. The molecule has 1 N–H and O–H groups in total.